The van der Waals surface area contributed by atoms with Gasteiger partial charge in [0.25, 0.3) is 5.91 Å². The zero-order chi connectivity index (χ0) is 19.1. The Bertz CT molecular complexity index is 1260. The quantitative estimate of drug-likeness (QED) is 0.442. The van der Waals surface area contributed by atoms with Gasteiger partial charge in [-0.15, -0.1) is 0 Å². The number of ether oxygens (including phenoxy) is 1. The Balaban J connectivity index is 1.61. The number of benzene rings is 2. The molecule has 0 unspecified atom stereocenters. The SMILES string of the molecule is COc1ccc(-c2ccc(C(=O)n3c4ccccc4c4ccncc43)o2)cc1. The first-order chi connectivity index (χ1) is 13.8. The first-order valence-corrected chi connectivity index (χ1v) is 8.88. The monoisotopic (exact) mass is 368 g/mol. The molecule has 0 atom stereocenters. The van der Waals surface area contributed by atoms with Gasteiger partial charge < -0.3 is 9.15 Å². The Morgan fingerprint density at radius 1 is 0.929 bits per heavy atom. The maximum atomic E-state index is 13.3. The van der Waals surface area contributed by atoms with Crippen LogP contribution in [-0.2, 0) is 0 Å². The molecule has 5 heteroatoms. The second-order valence-electron chi connectivity index (χ2n) is 6.44. The van der Waals surface area contributed by atoms with Gasteiger partial charge in [-0.2, -0.15) is 0 Å². The van der Waals surface area contributed by atoms with Crippen molar-refractivity contribution < 1.29 is 13.9 Å². The van der Waals surface area contributed by atoms with Gasteiger partial charge >= 0.3 is 0 Å². The summed E-state index contributed by atoms with van der Waals surface area (Å²) in [6, 6.07) is 20.8. The fourth-order valence-corrected chi connectivity index (χ4v) is 3.51. The average molecular weight is 368 g/mol. The Kier molecular flexibility index (Phi) is 3.72. The summed E-state index contributed by atoms with van der Waals surface area (Å²) in [7, 11) is 1.62. The molecule has 3 heterocycles. The third kappa shape index (κ3) is 2.48. The lowest BCUT2D eigenvalue weighted by Crippen LogP contribution is -2.10. The summed E-state index contributed by atoms with van der Waals surface area (Å²) < 4.78 is 12.7. The summed E-state index contributed by atoms with van der Waals surface area (Å²) in [4.78, 5) is 17.5. The van der Waals surface area contributed by atoms with E-state index in [2.05, 4.69) is 4.98 Å². The van der Waals surface area contributed by atoms with Crippen molar-refractivity contribution in [3.8, 4) is 17.1 Å². The van der Waals surface area contributed by atoms with Gasteiger partial charge in [-0.3, -0.25) is 14.3 Å². The number of carbonyl (C=O) groups excluding carboxylic acids is 1. The van der Waals surface area contributed by atoms with Gasteiger partial charge in [0, 0.05) is 22.5 Å². The van der Waals surface area contributed by atoms with Gasteiger partial charge in [-0.05, 0) is 48.5 Å². The zero-order valence-corrected chi connectivity index (χ0v) is 15.1. The van der Waals surface area contributed by atoms with Crippen LogP contribution in [0, 0.1) is 0 Å². The minimum atomic E-state index is -0.223. The van der Waals surface area contributed by atoms with Gasteiger partial charge in [0.15, 0.2) is 5.76 Å². The predicted octanol–water partition coefficient (Wildman–Crippen LogP) is 5.15. The number of rotatable bonds is 3. The van der Waals surface area contributed by atoms with Crippen molar-refractivity contribution in [1.82, 2.24) is 9.55 Å². The number of fused-ring (bicyclic) bond motifs is 3. The van der Waals surface area contributed by atoms with Crippen molar-refractivity contribution in [1.29, 1.82) is 0 Å². The maximum absolute atomic E-state index is 13.3. The highest BCUT2D eigenvalue weighted by atomic mass is 16.5. The van der Waals surface area contributed by atoms with Crippen molar-refractivity contribution >= 4 is 27.7 Å². The highest BCUT2D eigenvalue weighted by molar-refractivity contribution is 6.15. The molecule has 0 bridgehead atoms. The molecule has 0 amide bonds. The molecule has 5 aromatic rings. The van der Waals surface area contributed by atoms with Crippen LogP contribution in [0.2, 0.25) is 0 Å². The average Bonchev–Trinajstić information content (AvgIpc) is 3.37. The first-order valence-electron chi connectivity index (χ1n) is 8.88. The predicted molar refractivity (Wildman–Crippen MR) is 108 cm³/mol. The van der Waals surface area contributed by atoms with E-state index in [0.717, 1.165) is 33.1 Å². The van der Waals surface area contributed by atoms with Crippen LogP contribution in [0.5, 0.6) is 5.75 Å². The molecule has 5 rings (SSSR count). The van der Waals surface area contributed by atoms with Crippen LogP contribution >= 0.6 is 0 Å². The molecule has 3 aromatic heterocycles. The number of carbonyl (C=O) groups is 1. The zero-order valence-electron chi connectivity index (χ0n) is 15.1. The van der Waals surface area contributed by atoms with Gasteiger partial charge in [0.05, 0.1) is 24.3 Å². The fourth-order valence-electron chi connectivity index (χ4n) is 3.51. The Labute approximate surface area is 160 Å². The Hall–Kier alpha value is -3.86. The molecule has 0 spiro atoms. The second kappa shape index (κ2) is 6.39. The summed E-state index contributed by atoms with van der Waals surface area (Å²) >= 11 is 0. The van der Waals surface area contributed by atoms with Crippen molar-refractivity contribution in [2.24, 2.45) is 0 Å². The number of pyridine rings is 1. The minimum absolute atomic E-state index is 0.223. The number of furan rings is 1. The molecule has 0 fully saturated rings. The van der Waals surface area contributed by atoms with Crippen molar-refractivity contribution in [3.63, 3.8) is 0 Å². The number of methoxy groups -OCH3 is 1. The van der Waals surface area contributed by atoms with Crippen LogP contribution in [0.15, 0.2) is 83.5 Å². The normalized spacial score (nSPS) is 11.2. The molecular formula is C23H16N2O3. The lowest BCUT2D eigenvalue weighted by molar-refractivity contribution is 0.0943. The maximum Gasteiger partial charge on any atom is 0.298 e. The van der Waals surface area contributed by atoms with Crippen LogP contribution in [0.1, 0.15) is 10.6 Å². The summed E-state index contributed by atoms with van der Waals surface area (Å²) in [5.41, 5.74) is 2.47. The number of nitrogens with zero attached hydrogens (tertiary/aromatic N) is 2. The summed E-state index contributed by atoms with van der Waals surface area (Å²) in [5.74, 6) is 1.45. The van der Waals surface area contributed by atoms with Gasteiger partial charge in [0.2, 0.25) is 0 Å². The molecule has 0 N–H and O–H groups in total. The minimum Gasteiger partial charge on any atom is -0.497 e. The van der Waals surface area contributed by atoms with Crippen molar-refractivity contribution in [3.05, 3.63) is 84.9 Å². The van der Waals surface area contributed by atoms with Crippen molar-refractivity contribution in [2.75, 3.05) is 7.11 Å². The number of aromatic nitrogens is 2. The van der Waals surface area contributed by atoms with E-state index in [9.17, 15) is 4.79 Å². The smallest absolute Gasteiger partial charge is 0.298 e. The van der Waals surface area contributed by atoms with Crippen LogP contribution < -0.4 is 4.74 Å². The van der Waals surface area contributed by atoms with Crippen LogP contribution in [-0.4, -0.2) is 22.6 Å². The number of hydrogen-bond donors (Lipinski definition) is 0. The van der Waals surface area contributed by atoms with E-state index in [-0.39, 0.29) is 11.7 Å². The molecule has 0 aliphatic carbocycles. The Morgan fingerprint density at radius 2 is 1.71 bits per heavy atom. The van der Waals surface area contributed by atoms with E-state index in [4.69, 9.17) is 9.15 Å². The largest absolute Gasteiger partial charge is 0.497 e. The van der Waals surface area contributed by atoms with Crippen LogP contribution in [0.4, 0.5) is 0 Å². The molecule has 2 aromatic carbocycles. The molecule has 0 aliphatic heterocycles. The van der Waals surface area contributed by atoms with E-state index >= 15 is 0 Å². The molecule has 5 nitrogen and oxygen atoms in total. The van der Waals surface area contributed by atoms with E-state index in [0.29, 0.717) is 5.76 Å². The third-order valence-corrected chi connectivity index (χ3v) is 4.87. The molecule has 0 saturated carbocycles. The molecule has 28 heavy (non-hydrogen) atoms. The van der Waals surface area contributed by atoms with E-state index < -0.39 is 0 Å². The van der Waals surface area contributed by atoms with Crippen LogP contribution in [0.3, 0.4) is 0 Å². The van der Waals surface area contributed by atoms with Gasteiger partial charge in [0.1, 0.15) is 11.5 Å². The molecule has 0 saturated heterocycles. The van der Waals surface area contributed by atoms with Crippen LogP contribution in [0.25, 0.3) is 33.1 Å². The first kappa shape index (κ1) is 16.3. The summed E-state index contributed by atoms with van der Waals surface area (Å²) in [6.07, 6.45) is 3.44. The molecular weight excluding hydrogens is 352 g/mol. The van der Waals surface area contributed by atoms with E-state index in [1.54, 1.807) is 36.2 Å². The van der Waals surface area contributed by atoms with Gasteiger partial charge in [-0.1, -0.05) is 18.2 Å². The standard InChI is InChI=1S/C23H16N2O3/c1-27-16-8-6-15(7-9-16)21-10-11-22(28-21)23(26)25-19-5-3-2-4-17(19)18-12-13-24-14-20(18)25/h2-14H,1H3. The number of hydrogen-bond acceptors (Lipinski definition) is 4. The fraction of sp³-hybridized carbons (Fsp3) is 0.0435. The topological polar surface area (TPSA) is 57.3 Å². The molecule has 0 aliphatic rings. The Morgan fingerprint density at radius 3 is 2.54 bits per heavy atom. The van der Waals surface area contributed by atoms with Gasteiger partial charge in [-0.25, -0.2) is 0 Å². The second-order valence-corrected chi connectivity index (χ2v) is 6.44. The molecule has 136 valence electrons. The van der Waals surface area contributed by atoms with E-state index in [1.807, 2.05) is 54.6 Å². The third-order valence-electron chi connectivity index (χ3n) is 4.87. The summed E-state index contributed by atoms with van der Waals surface area (Å²) in [5, 5.41) is 2.00. The molecule has 0 radical (unpaired) electrons. The van der Waals surface area contributed by atoms with E-state index in [1.165, 1.54) is 0 Å². The highest BCUT2D eigenvalue weighted by Crippen LogP contribution is 2.30. The lowest BCUT2D eigenvalue weighted by atomic mass is 10.2. The van der Waals surface area contributed by atoms with Crippen molar-refractivity contribution in [2.45, 2.75) is 0 Å². The lowest BCUT2D eigenvalue weighted by Gasteiger charge is -2.04. The summed E-state index contributed by atoms with van der Waals surface area (Å²) in [6.45, 7) is 0. The number of para-hydroxylation sites is 1. The highest BCUT2D eigenvalue weighted by Gasteiger charge is 2.20.